The largest absolute Gasteiger partial charge is 0.505 e. The number of nitrogens with zero attached hydrogens (tertiary/aromatic N) is 1. The highest BCUT2D eigenvalue weighted by Crippen LogP contribution is 2.28. The maximum absolute atomic E-state index is 13.2. The summed E-state index contributed by atoms with van der Waals surface area (Å²) in [6.45, 7) is 3.41. The number of halogens is 1. The first kappa shape index (κ1) is 10.6. The number of hydrogen-bond donors (Lipinski definition) is 2. The van der Waals surface area contributed by atoms with Crippen LogP contribution in [0.25, 0.3) is 0 Å². The van der Waals surface area contributed by atoms with Crippen molar-refractivity contribution in [3.05, 3.63) is 29.6 Å². The van der Waals surface area contributed by atoms with Crippen LogP contribution in [0.3, 0.4) is 0 Å². The van der Waals surface area contributed by atoms with E-state index < -0.39 is 17.0 Å². The highest BCUT2D eigenvalue weighted by atomic mass is 19.1. The molecule has 0 spiro atoms. The van der Waals surface area contributed by atoms with Gasteiger partial charge in [-0.05, 0) is 32.0 Å². The maximum Gasteiger partial charge on any atom is 0.251 e. The van der Waals surface area contributed by atoms with Crippen molar-refractivity contribution in [1.82, 2.24) is 5.43 Å². The molecule has 1 aliphatic heterocycles. The minimum absolute atomic E-state index is 0.226. The lowest BCUT2D eigenvalue weighted by Gasteiger charge is -2.16. The Hall–Kier alpha value is -1.91. The molecule has 4 nitrogen and oxygen atoms in total. The molecule has 0 atom stereocenters. The van der Waals surface area contributed by atoms with E-state index in [1.807, 2.05) is 0 Å². The van der Waals surface area contributed by atoms with Gasteiger partial charge in [0.2, 0.25) is 0 Å². The Morgan fingerprint density at radius 2 is 2.12 bits per heavy atom. The molecular formula is C11H11FN2O2. The van der Waals surface area contributed by atoms with Crippen LogP contribution in [0.2, 0.25) is 0 Å². The second kappa shape index (κ2) is 3.30. The zero-order valence-corrected chi connectivity index (χ0v) is 8.91. The van der Waals surface area contributed by atoms with Crippen molar-refractivity contribution in [3.8, 4) is 5.75 Å². The van der Waals surface area contributed by atoms with Gasteiger partial charge in [-0.3, -0.25) is 4.79 Å². The fraction of sp³-hybridized carbons (Fsp3) is 0.273. The number of aromatic hydroxyl groups is 1. The molecule has 0 saturated carbocycles. The minimum Gasteiger partial charge on any atom is -0.505 e. The number of nitrogens with one attached hydrogen (secondary N) is 1. The van der Waals surface area contributed by atoms with Crippen molar-refractivity contribution in [1.29, 1.82) is 0 Å². The van der Waals surface area contributed by atoms with E-state index in [9.17, 15) is 9.18 Å². The van der Waals surface area contributed by atoms with Crippen LogP contribution < -0.4 is 5.43 Å². The minimum atomic E-state index is -0.788. The van der Waals surface area contributed by atoms with E-state index in [4.69, 9.17) is 5.11 Å². The molecule has 0 fully saturated rings. The number of rotatable bonds is 1. The van der Waals surface area contributed by atoms with Gasteiger partial charge in [-0.25, -0.2) is 9.82 Å². The summed E-state index contributed by atoms with van der Waals surface area (Å²) in [5, 5.41) is 13.0. The maximum atomic E-state index is 13.2. The Labute approximate surface area is 91.8 Å². The molecule has 1 aromatic carbocycles. The molecular weight excluding hydrogens is 211 g/mol. The Morgan fingerprint density at radius 3 is 2.62 bits per heavy atom. The first-order valence-electron chi connectivity index (χ1n) is 4.80. The van der Waals surface area contributed by atoms with Gasteiger partial charge < -0.3 is 5.11 Å². The molecule has 0 bridgehead atoms. The van der Waals surface area contributed by atoms with Gasteiger partial charge in [-0.2, -0.15) is 5.10 Å². The van der Waals surface area contributed by atoms with E-state index in [-0.39, 0.29) is 5.91 Å². The summed E-state index contributed by atoms with van der Waals surface area (Å²) in [6.07, 6.45) is 0. The molecule has 1 aliphatic rings. The molecule has 0 aromatic heterocycles. The van der Waals surface area contributed by atoms with E-state index in [2.05, 4.69) is 10.5 Å². The van der Waals surface area contributed by atoms with Gasteiger partial charge in [0.15, 0.2) is 11.6 Å². The third-order valence-electron chi connectivity index (χ3n) is 2.65. The lowest BCUT2D eigenvalue weighted by Crippen LogP contribution is -2.32. The van der Waals surface area contributed by atoms with Crippen molar-refractivity contribution >= 4 is 11.6 Å². The summed E-state index contributed by atoms with van der Waals surface area (Å²) >= 11 is 0. The van der Waals surface area contributed by atoms with E-state index in [0.717, 1.165) is 6.07 Å². The van der Waals surface area contributed by atoms with Crippen LogP contribution >= 0.6 is 0 Å². The second-order valence-corrected chi connectivity index (χ2v) is 4.19. The number of carbonyl (C=O) groups is 1. The average molecular weight is 222 g/mol. The number of hydrazone groups is 1. The highest BCUT2D eigenvalue weighted by Gasteiger charge is 2.39. The third-order valence-corrected chi connectivity index (χ3v) is 2.65. The van der Waals surface area contributed by atoms with Crippen LogP contribution in [-0.4, -0.2) is 16.7 Å². The van der Waals surface area contributed by atoms with E-state index in [1.165, 1.54) is 12.1 Å². The summed E-state index contributed by atoms with van der Waals surface area (Å²) in [5.41, 5.74) is 2.52. The molecule has 1 amide bonds. The quantitative estimate of drug-likeness (QED) is 0.754. The number of hydrogen-bond acceptors (Lipinski definition) is 3. The molecule has 2 N–H and O–H groups in total. The summed E-state index contributed by atoms with van der Waals surface area (Å²) in [6, 6.07) is 3.93. The van der Waals surface area contributed by atoms with Gasteiger partial charge in [0.1, 0.15) is 0 Å². The molecule has 84 valence electrons. The number of carbonyl (C=O) groups excluding carboxylic acids is 1. The molecule has 0 radical (unpaired) electrons. The number of phenols is 1. The van der Waals surface area contributed by atoms with E-state index >= 15 is 0 Å². The number of phenolic OH excluding ortho intramolecular Hbond substituents is 1. The number of amides is 1. The first-order chi connectivity index (χ1) is 7.43. The molecule has 1 aromatic rings. The highest BCUT2D eigenvalue weighted by molar-refractivity contribution is 6.19. The summed E-state index contributed by atoms with van der Waals surface area (Å²) in [5.74, 6) is -1.37. The second-order valence-electron chi connectivity index (χ2n) is 4.19. The van der Waals surface area contributed by atoms with Crippen LogP contribution in [0.1, 0.15) is 19.4 Å². The van der Waals surface area contributed by atoms with Crippen molar-refractivity contribution in [3.63, 3.8) is 0 Å². The Balaban J connectivity index is 2.46. The van der Waals surface area contributed by atoms with Crippen LogP contribution in [-0.2, 0) is 4.79 Å². The SMILES string of the molecule is CC1(C)C(=O)NN=C1c1ccc(O)c(F)c1. The molecule has 16 heavy (non-hydrogen) atoms. The van der Waals surface area contributed by atoms with Crippen molar-refractivity contribution < 1.29 is 14.3 Å². The van der Waals surface area contributed by atoms with Crippen molar-refractivity contribution in [2.24, 2.45) is 10.5 Å². The van der Waals surface area contributed by atoms with Gasteiger partial charge >= 0.3 is 0 Å². The zero-order chi connectivity index (χ0) is 11.9. The molecule has 0 saturated heterocycles. The van der Waals surface area contributed by atoms with Gasteiger partial charge in [0, 0.05) is 5.56 Å². The Bertz CT molecular complexity index is 495. The van der Waals surface area contributed by atoms with E-state index in [0.29, 0.717) is 11.3 Å². The lowest BCUT2D eigenvalue weighted by molar-refractivity contribution is -0.125. The standard InChI is InChI=1S/C11H11FN2O2/c1-11(2)9(13-14-10(11)16)6-3-4-8(15)7(12)5-6/h3-5,15H,1-2H3,(H,14,16). The number of benzene rings is 1. The topological polar surface area (TPSA) is 61.7 Å². The van der Waals surface area contributed by atoms with Gasteiger partial charge in [0.25, 0.3) is 5.91 Å². The smallest absolute Gasteiger partial charge is 0.251 e. The molecule has 1 heterocycles. The van der Waals surface area contributed by atoms with Crippen LogP contribution in [0.4, 0.5) is 4.39 Å². The Morgan fingerprint density at radius 1 is 1.44 bits per heavy atom. The summed E-state index contributed by atoms with van der Waals surface area (Å²) in [7, 11) is 0. The van der Waals surface area contributed by atoms with Gasteiger partial charge in [0.05, 0.1) is 11.1 Å². The fourth-order valence-electron chi connectivity index (χ4n) is 1.57. The van der Waals surface area contributed by atoms with E-state index in [1.54, 1.807) is 13.8 Å². The van der Waals surface area contributed by atoms with Gasteiger partial charge in [-0.15, -0.1) is 0 Å². The monoisotopic (exact) mass is 222 g/mol. The zero-order valence-electron chi connectivity index (χ0n) is 8.91. The normalized spacial score (nSPS) is 18.2. The fourth-order valence-corrected chi connectivity index (χ4v) is 1.57. The van der Waals surface area contributed by atoms with Crippen LogP contribution in [0, 0.1) is 11.2 Å². The van der Waals surface area contributed by atoms with Crippen molar-refractivity contribution in [2.75, 3.05) is 0 Å². The van der Waals surface area contributed by atoms with Crippen LogP contribution in [0.15, 0.2) is 23.3 Å². The molecule has 5 heteroatoms. The first-order valence-corrected chi connectivity index (χ1v) is 4.80. The summed E-state index contributed by atoms with van der Waals surface area (Å²) in [4.78, 5) is 11.5. The predicted molar refractivity (Wildman–Crippen MR) is 56.5 cm³/mol. The van der Waals surface area contributed by atoms with Crippen molar-refractivity contribution in [2.45, 2.75) is 13.8 Å². The average Bonchev–Trinajstić information content (AvgIpc) is 2.47. The third kappa shape index (κ3) is 1.44. The molecule has 0 unspecified atom stereocenters. The predicted octanol–water partition coefficient (Wildman–Crippen LogP) is 1.39. The molecule has 0 aliphatic carbocycles. The lowest BCUT2D eigenvalue weighted by atomic mass is 9.84. The summed E-state index contributed by atoms with van der Waals surface area (Å²) < 4.78 is 13.2. The van der Waals surface area contributed by atoms with Crippen LogP contribution in [0.5, 0.6) is 5.75 Å². The van der Waals surface area contributed by atoms with Gasteiger partial charge in [-0.1, -0.05) is 0 Å². The molecule has 2 rings (SSSR count). The Kier molecular flexibility index (Phi) is 2.18.